The van der Waals surface area contributed by atoms with Gasteiger partial charge >= 0.3 is 6.03 Å². The van der Waals surface area contributed by atoms with Gasteiger partial charge in [-0.1, -0.05) is 49.7 Å². The Morgan fingerprint density at radius 1 is 1.14 bits per heavy atom. The molecule has 29 heavy (non-hydrogen) atoms. The number of urea groups is 1. The molecule has 0 aliphatic carbocycles. The Kier molecular flexibility index (Phi) is 5.94. The quantitative estimate of drug-likeness (QED) is 0.694. The van der Waals surface area contributed by atoms with Gasteiger partial charge in [0.05, 0.1) is 0 Å². The molecular formula is C22H24ClN3O3. The van der Waals surface area contributed by atoms with E-state index in [0.717, 1.165) is 11.3 Å². The van der Waals surface area contributed by atoms with Crippen molar-refractivity contribution in [3.63, 3.8) is 0 Å². The van der Waals surface area contributed by atoms with Gasteiger partial charge in [-0.15, -0.1) is 0 Å². The maximum atomic E-state index is 12.9. The highest BCUT2D eigenvalue weighted by Gasteiger charge is 2.49. The number of nitrogens with one attached hydrogen (secondary N) is 2. The number of hydrogen-bond acceptors (Lipinski definition) is 3. The normalized spacial score (nSPS) is 19.8. The minimum atomic E-state index is -1.24. The number of nitrogens with zero attached hydrogens (tertiary/aromatic N) is 1. The van der Waals surface area contributed by atoms with Crippen molar-refractivity contribution in [2.24, 2.45) is 0 Å². The summed E-state index contributed by atoms with van der Waals surface area (Å²) >= 11 is 5.90. The van der Waals surface area contributed by atoms with Crippen molar-refractivity contribution in [1.29, 1.82) is 0 Å². The van der Waals surface area contributed by atoms with Crippen LogP contribution in [-0.2, 0) is 15.1 Å². The van der Waals surface area contributed by atoms with E-state index in [1.807, 2.05) is 24.3 Å². The zero-order valence-corrected chi connectivity index (χ0v) is 17.4. The summed E-state index contributed by atoms with van der Waals surface area (Å²) in [5.74, 6) is -0.478. The van der Waals surface area contributed by atoms with Crippen LogP contribution in [0.1, 0.15) is 44.2 Å². The van der Waals surface area contributed by atoms with Crippen molar-refractivity contribution in [3.8, 4) is 0 Å². The minimum absolute atomic E-state index is 0.360. The number of carbonyl (C=O) groups excluding carboxylic acids is 3. The average Bonchev–Trinajstić information content (AvgIpc) is 2.92. The van der Waals surface area contributed by atoms with Gasteiger partial charge in [-0.3, -0.25) is 14.5 Å². The Hall–Kier alpha value is -2.86. The zero-order valence-electron chi connectivity index (χ0n) is 16.7. The predicted octanol–water partition coefficient (Wildman–Crippen LogP) is 4.26. The Morgan fingerprint density at radius 3 is 2.34 bits per heavy atom. The lowest BCUT2D eigenvalue weighted by Crippen LogP contribution is -2.42. The van der Waals surface area contributed by atoms with Crippen molar-refractivity contribution in [2.75, 3.05) is 11.9 Å². The second-order valence-electron chi connectivity index (χ2n) is 7.43. The fraction of sp³-hybridized carbons (Fsp3) is 0.318. The molecule has 2 aromatic rings. The van der Waals surface area contributed by atoms with Crippen LogP contribution in [0.3, 0.4) is 0 Å². The van der Waals surface area contributed by atoms with E-state index in [4.69, 9.17) is 11.6 Å². The van der Waals surface area contributed by atoms with E-state index < -0.39 is 23.4 Å². The minimum Gasteiger partial charge on any atom is -0.325 e. The van der Waals surface area contributed by atoms with E-state index in [-0.39, 0.29) is 6.54 Å². The summed E-state index contributed by atoms with van der Waals surface area (Å²) in [4.78, 5) is 38.6. The molecule has 6 nitrogen and oxygen atoms in total. The summed E-state index contributed by atoms with van der Waals surface area (Å²) in [7, 11) is 0. The van der Waals surface area contributed by atoms with Crippen LogP contribution in [0.5, 0.6) is 0 Å². The van der Waals surface area contributed by atoms with Gasteiger partial charge < -0.3 is 10.6 Å². The lowest BCUT2D eigenvalue weighted by Gasteiger charge is -2.22. The third-order valence-electron chi connectivity index (χ3n) is 5.37. The van der Waals surface area contributed by atoms with Crippen LogP contribution in [0.25, 0.3) is 0 Å². The molecule has 2 unspecified atom stereocenters. The first-order valence-corrected chi connectivity index (χ1v) is 9.92. The second kappa shape index (κ2) is 8.25. The Morgan fingerprint density at radius 2 is 1.76 bits per heavy atom. The van der Waals surface area contributed by atoms with Crippen molar-refractivity contribution in [1.82, 2.24) is 10.2 Å². The number of amides is 4. The van der Waals surface area contributed by atoms with Gasteiger partial charge in [0.25, 0.3) is 5.91 Å². The zero-order chi connectivity index (χ0) is 21.2. The number of anilines is 1. The molecule has 2 atom stereocenters. The molecule has 1 aliphatic heterocycles. The molecule has 3 rings (SSSR count). The van der Waals surface area contributed by atoms with Gasteiger partial charge in [0.2, 0.25) is 5.91 Å². The van der Waals surface area contributed by atoms with Crippen LogP contribution < -0.4 is 10.6 Å². The molecule has 2 N–H and O–H groups in total. The molecule has 0 radical (unpaired) electrons. The first kappa shape index (κ1) is 20.9. The first-order valence-electron chi connectivity index (χ1n) is 9.54. The number of benzene rings is 2. The average molecular weight is 414 g/mol. The number of hydrogen-bond donors (Lipinski definition) is 2. The lowest BCUT2D eigenvalue weighted by molar-refractivity contribution is -0.133. The Bertz CT molecular complexity index is 927. The summed E-state index contributed by atoms with van der Waals surface area (Å²) in [5.41, 5.74) is 1.18. The molecule has 1 fully saturated rings. The summed E-state index contributed by atoms with van der Waals surface area (Å²) in [6, 6.07) is 13.7. The SMILES string of the molecule is CCC(C)c1ccc(NC(=O)CN2C(=O)NC(C)(c3ccc(Cl)cc3)C2=O)cc1. The standard InChI is InChI=1S/C22H24ClN3O3/c1-4-14(2)15-5-11-18(12-6-15)24-19(27)13-26-20(28)22(3,25-21(26)29)16-7-9-17(23)10-8-16/h5-12,14H,4,13H2,1-3H3,(H,24,27)(H,25,29). The van der Waals surface area contributed by atoms with Gasteiger partial charge in [0, 0.05) is 10.7 Å². The van der Waals surface area contributed by atoms with Crippen molar-refractivity contribution in [2.45, 2.75) is 38.6 Å². The lowest BCUT2D eigenvalue weighted by atomic mass is 9.92. The number of rotatable bonds is 6. The predicted molar refractivity (Wildman–Crippen MR) is 113 cm³/mol. The summed E-state index contributed by atoms with van der Waals surface area (Å²) in [6.45, 7) is 5.52. The maximum Gasteiger partial charge on any atom is 0.325 e. The molecular weight excluding hydrogens is 390 g/mol. The van der Waals surface area contributed by atoms with Crippen molar-refractivity contribution in [3.05, 3.63) is 64.7 Å². The van der Waals surface area contributed by atoms with Gasteiger partial charge in [0.1, 0.15) is 12.1 Å². The van der Waals surface area contributed by atoms with E-state index >= 15 is 0 Å². The van der Waals surface area contributed by atoms with Crippen LogP contribution in [0, 0.1) is 0 Å². The van der Waals surface area contributed by atoms with Crippen LogP contribution in [0.2, 0.25) is 5.02 Å². The summed E-state index contributed by atoms with van der Waals surface area (Å²) < 4.78 is 0. The third-order valence-corrected chi connectivity index (χ3v) is 5.63. The molecule has 4 amide bonds. The fourth-order valence-electron chi connectivity index (χ4n) is 3.29. The number of imide groups is 1. The molecule has 0 spiro atoms. The molecule has 2 aromatic carbocycles. The molecule has 1 saturated heterocycles. The smallest absolute Gasteiger partial charge is 0.325 e. The molecule has 152 valence electrons. The fourth-order valence-corrected chi connectivity index (χ4v) is 3.42. The Balaban J connectivity index is 1.68. The van der Waals surface area contributed by atoms with Gasteiger partial charge in [-0.05, 0) is 54.7 Å². The van der Waals surface area contributed by atoms with E-state index in [0.29, 0.717) is 22.2 Å². The molecule has 0 saturated carbocycles. The molecule has 0 bridgehead atoms. The van der Waals surface area contributed by atoms with Crippen LogP contribution in [-0.4, -0.2) is 29.3 Å². The molecule has 7 heteroatoms. The summed E-state index contributed by atoms with van der Waals surface area (Å²) in [5, 5.41) is 5.95. The topological polar surface area (TPSA) is 78.5 Å². The van der Waals surface area contributed by atoms with Crippen LogP contribution >= 0.6 is 11.6 Å². The highest BCUT2D eigenvalue weighted by atomic mass is 35.5. The highest BCUT2D eigenvalue weighted by Crippen LogP contribution is 2.29. The molecule has 1 aliphatic rings. The molecule has 0 aromatic heterocycles. The maximum absolute atomic E-state index is 12.9. The van der Waals surface area contributed by atoms with Gasteiger partial charge in [-0.2, -0.15) is 0 Å². The van der Waals surface area contributed by atoms with Gasteiger partial charge in [0.15, 0.2) is 0 Å². The van der Waals surface area contributed by atoms with E-state index in [1.54, 1.807) is 31.2 Å². The van der Waals surface area contributed by atoms with E-state index in [2.05, 4.69) is 24.5 Å². The van der Waals surface area contributed by atoms with E-state index in [1.165, 1.54) is 5.56 Å². The van der Waals surface area contributed by atoms with Crippen LogP contribution in [0.15, 0.2) is 48.5 Å². The number of halogens is 1. The highest BCUT2D eigenvalue weighted by molar-refractivity contribution is 6.30. The third kappa shape index (κ3) is 4.27. The van der Waals surface area contributed by atoms with E-state index in [9.17, 15) is 14.4 Å². The van der Waals surface area contributed by atoms with Gasteiger partial charge in [-0.25, -0.2) is 4.79 Å². The Labute approximate surface area is 175 Å². The monoisotopic (exact) mass is 413 g/mol. The second-order valence-corrected chi connectivity index (χ2v) is 7.87. The van der Waals surface area contributed by atoms with Crippen molar-refractivity contribution < 1.29 is 14.4 Å². The first-order chi connectivity index (χ1) is 13.7. The van der Waals surface area contributed by atoms with Crippen molar-refractivity contribution >= 4 is 35.1 Å². The molecule has 1 heterocycles. The number of carbonyl (C=O) groups is 3. The summed E-state index contributed by atoms with van der Waals surface area (Å²) in [6.07, 6.45) is 1.03. The largest absolute Gasteiger partial charge is 0.325 e. The van der Waals surface area contributed by atoms with Crippen LogP contribution in [0.4, 0.5) is 10.5 Å².